The minimum absolute atomic E-state index is 0.565. The minimum Gasteiger partial charge on any atom is -0.497 e. The summed E-state index contributed by atoms with van der Waals surface area (Å²) in [5, 5.41) is 7.37. The van der Waals surface area contributed by atoms with Gasteiger partial charge in [0.1, 0.15) is 15.5 Å². The Kier molecular flexibility index (Phi) is 4.10. The predicted molar refractivity (Wildman–Crippen MR) is 74.0 cm³/mol. The zero-order chi connectivity index (χ0) is 13.1. The van der Waals surface area contributed by atoms with Gasteiger partial charge in [-0.2, -0.15) is 0 Å². The van der Waals surface area contributed by atoms with Crippen LogP contribution in [0.5, 0.6) is 5.75 Å². The molecule has 1 N–H and O–H groups in total. The van der Waals surface area contributed by atoms with E-state index in [1.807, 2.05) is 19.6 Å². The largest absolute Gasteiger partial charge is 0.497 e. The second kappa shape index (κ2) is 5.01. The van der Waals surface area contributed by atoms with E-state index in [0.29, 0.717) is 10.6 Å². The zero-order valence-corrected chi connectivity index (χ0v) is 12.4. The van der Waals surface area contributed by atoms with Crippen LogP contribution in [0.15, 0.2) is 33.2 Å². The molecule has 0 fully saturated rings. The fourth-order valence-corrected chi connectivity index (χ4v) is 5.87. The van der Waals surface area contributed by atoms with Crippen LogP contribution in [0, 0.1) is 5.41 Å². The van der Waals surface area contributed by atoms with E-state index in [-0.39, 0.29) is 0 Å². The fraction of sp³-hybridized carbons (Fsp3) is 0.364. The van der Waals surface area contributed by atoms with E-state index in [2.05, 4.69) is 4.03 Å². The van der Waals surface area contributed by atoms with Crippen LogP contribution in [0.25, 0.3) is 0 Å². The first-order chi connectivity index (χ1) is 7.80. The third kappa shape index (κ3) is 3.67. The maximum absolute atomic E-state index is 12.6. The van der Waals surface area contributed by atoms with Crippen LogP contribution >= 0.6 is 0 Å². The van der Waals surface area contributed by atoms with E-state index >= 15 is 0 Å². The van der Waals surface area contributed by atoms with Gasteiger partial charge in [-0.15, -0.1) is 0 Å². The van der Waals surface area contributed by atoms with Gasteiger partial charge in [0.05, 0.1) is 17.6 Å². The smallest absolute Gasteiger partial charge is 0.185 e. The standard InChI is InChI=1S/C11H18N2O2SSi/c1-15-10-5-7-11(8-6-10)16(14,9-12)13-17(2,3)4/h5-9,12H,1-4H3. The molecule has 1 rings (SSSR count). The maximum Gasteiger partial charge on any atom is 0.185 e. The summed E-state index contributed by atoms with van der Waals surface area (Å²) in [5.74, 6) is 0.702. The molecule has 1 unspecified atom stereocenters. The van der Waals surface area contributed by atoms with Crippen molar-refractivity contribution in [3.63, 3.8) is 0 Å². The van der Waals surface area contributed by atoms with Gasteiger partial charge in [0.25, 0.3) is 0 Å². The van der Waals surface area contributed by atoms with Crippen molar-refractivity contribution in [3.05, 3.63) is 24.3 Å². The number of rotatable bonds is 4. The number of ether oxygens (including phenoxy) is 1. The number of hydrogen-bond donors (Lipinski definition) is 1. The maximum atomic E-state index is 12.6. The van der Waals surface area contributed by atoms with Crippen molar-refractivity contribution in [1.82, 2.24) is 0 Å². The highest BCUT2D eigenvalue weighted by atomic mass is 32.2. The van der Waals surface area contributed by atoms with E-state index in [0.717, 1.165) is 5.55 Å². The van der Waals surface area contributed by atoms with Gasteiger partial charge in [-0.05, 0) is 43.9 Å². The van der Waals surface area contributed by atoms with Crippen LogP contribution in [0.4, 0.5) is 0 Å². The number of hydrogen-bond acceptors (Lipinski definition) is 4. The summed E-state index contributed by atoms with van der Waals surface area (Å²) >= 11 is 0. The van der Waals surface area contributed by atoms with Crippen molar-refractivity contribution in [2.24, 2.45) is 4.03 Å². The Morgan fingerprint density at radius 1 is 1.29 bits per heavy atom. The Hall–Kier alpha value is -1.14. The van der Waals surface area contributed by atoms with Crippen LogP contribution in [-0.4, -0.2) is 25.1 Å². The molecule has 0 spiro atoms. The summed E-state index contributed by atoms with van der Waals surface area (Å²) < 4.78 is 22.0. The van der Waals surface area contributed by atoms with E-state index in [9.17, 15) is 4.21 Å². The lowest BCUT2D eigenvalue weighted by Gasteiger charge is -2.13. The summed E-state index contributed by atoms with van der Waals surface area (Å²) in [4.78, 5) is 0.565. The molecule has 0 aromatic heterocycles. The normalized spacial score (nSPS) is 14.8. The third-order valence-electron chi connectivity index (χ3n) is 1.97. The van der Waals surface area contributed by atoms with Gasteiger partial charge in [0.15, 0.2) is 8.24 Å². The first-order valence-electron chi connectivity index (χ1n) is 5.24. The number of benzene rings is 1. The molecule has 0 bridgehead atoms. The van der Waals surface area contributed by atoms with Crippen molar-refractivity contribution in [1.29, 1.82) is 5.41 Å². The molecule has 4 nitrogen and oxygen atoms in total. The van der Waals surface area contributed by atoms with E-state index in [4.69, 9.17) is 10.1 Å². The average Bonchev–Trinajstić information content (AvgIpc) is 2.27. The van der Waals surface area contributed by atoms with Gasteiger partial charge in [-0.3, -0.25) is 9.44 Å². The molecular weight excluding hydrogens is 252 g/mol. The Bertz CT molecular complexity index is 511. The lowest BCUT2D eigenvalue weighted by Crippen LogP contribution is -2.20. The van der Waals surface area contributed by atoms with Crippen LogP contribution in [-0.2, 0) is 9.73 Å². The Morgan fingerprint density at radius 2 is 1.82 bits per heavy atom. The zero-order valence-electron chi connectivity index (χ0n) is 10.6. The number of nitrogens with zero attached hydrogens (tertiary/aromatic N) is 1. The summed E-state index contributed by atoms with van der Waals surface area (Å²) in [7, 11) is -2.99. The van der Waals surface area contributed by atoms with E-state index in [1.165, 1.54) is 0 Å². The van der Waals surface area contributed by atoms with Crippen LogP contribution in [0.2, 0.25) is 19.6 Å². The number of nitrogens with one attached hydrogen (secondary N) is 1. The quantitative estimate of drug-likeness (QED) is 0.519. The fourth-order valence-electron chi connectivity index (χ4n) is 1.32. The van der Waals surface area contributed by atoms with Gasteiger partial charge in [0.2, 0.25) is 0 Å². The van der Waals surface area contributed by atoms with Crippen LogP contribution in [0.3, 0.4) is 0 Å². The molecule has 0 heterocycles. The molecule has 94 valence electrons. The van der Waals surface area contributed by atoms with Crippen LogP contribution in [0.1, 0.15) is 0 Å². The van der Waals surface area contributed by atoms with Crippen molar-refractivity contribution in [2.45, 2.75) is 24.5 Å². The first-order valence-corrected chi connectivity index (χ1v) is 10.3. The molecule has 1 aromatic rings. The van der Waals surface area contributed by atoms with Gasteiger partial charge in [0, 0.05) is 0 Å². The van der Waals surface area contributed by atoms with Gasteiger partial charge in [-0.25, -0.2) is 4.21 Å². The van der Waals surface area contributed by atoms with Crippen molar-refractivity contribution in [3.8, 4) is 5.75 Å². The second-order valence-corrected chi connectivity index (χ2v) is 11.5. The predicted octanol–water partition coefficient (Wildman–Crippen LogP) is 2.96. The Balaban J connectivity index is 3.31. The monoisotopic (exact) mass is 270 g/mol. The van der Waals surface area contributed by atoms with Gasteiger partial charge in [-0.1, -0.05) is 0 Å². The van der Waals surface area contributed by atoms with E-state index < -0.39 is 18.0 Å². The highest BCUT2D eigenvalue weighted by molar-refractivity contribution is 8.07. The molecule has 0 radical (unpaired) electrons. The SMILES string of the molecule is COc1ccc(S(=O)(C=N)=N[Si](C)(C)C)cc1. The average molecular weight is 270 g/mol. The highest BCUT2D eigenvalue weighted by Crippen LogP contribution is 2.19. The molecule has 0 amide bonds. The molecule has 0 aliphatic rings. The molecule has 0 saturated heterocycles. The van der Waals surface area contributed by atoms with Crippen molar-refractivity contribution in [2.75, 3.05) is 7.11 Å². The highest BCUT2D eigenvalue weighted by Gasteiger charge is 2.18. The lowest BCUT2D eigenvalue weighted by molar-refractivity contribution is 0.414. The molecule has 0 saturated carbocycles. The minimum atomic E-state index is -2.72. The van der Waals surface area contributed by atoms with Gasteiger partial charge < -0.3 is 4.74 Å². The van der Waals surface area contributed by atoms with Crippen molar-refractivity contribution >= 4 is 23.5 Å². The second-order valence-electron chi connectivity index (χ2n) is 4.62. The van der Waals surface area contributed by atoms with Crippen LogP contribution < -0.4 is 4.74 Å². The van der Waals surface area contributed by atoms with Crippen molar-refractivity contribution < 1.29 is 8.95 Å². The first kappa shape index (κ1) is 13.9. The Labute approximate surface area is 104 Å². The van der Waals surface area contributed by atoms with Gasteiger partial charge >= 0.3 is 0 Å². The molecule has 6 heteroatoms. The third-order valence-corrected chi connectivity index (χ3v) is 6.51. The lowest BCUT2D eigenvalue weighted by atomic mass is 10.3. The summed E-state index contributed by atoms with van der Waals surface area (Å²) in [5.41, 5.74) is 0.951. The summed E-state index contributed by atoms with van der Waals surface area (Å²) in [6, 6.07) is 6.88. The molecular formula is C11H18N2O2SSi. The Morgan fingerprint density at radius 3 is 2.18 bits per heavy atom. The number of methoxy groups -OCH3 is 1. The molecule has 1 aromatic carbocycles. The topological polar surface area (TPSA) is 62.5 Å². The van der Waals surface area contributed by atoms with E-state index in [1.54, 1.807) is 31.4 Å². The summed E-state index contributed by atoms with van der Waals surface area (Å²) in [6.07, 6.45) is 0. The molecule has 0 aliphatic heterocycles. The summed E-state index contributed by atoms with van der Waals surface area (Å²) in [6.45, 7) is 6.00. The molecule has 1 atom stereocenters. The molecule has 0 aliphatic carbocycles. The molecule has 17 heavy (non-hydrogen) atoms.